The smallest absolute Gasteiger partial charge is 0.243 e. The number of piperidine rings is 1. The highest BCUT2D eigenvalue weighted by Gasteiger charge is 2.58. The van der Waals surface area contributed by atoms with E-state index in [-0.39, 0.29) is 34.5 Å². The Balaban J connectivity index is 0.00000225. The minimum Gasteiger partial charge on any atom is -0.497 e. The number of nitrogens with one attached hydrogen (secondary N) is 1. The van der Waals surface area contributed by atoms with Crippen molar-refractivity contribution in [3.05, 3.63) is 24.3 Å². The predicted octanol–water partition coefficient (Wildman–Crippen LogP) is 1.34. The molecule has 0 radical (unpaired) electrons. The molecule has 2 aliphatic heterocycles. The number of benzene rings is 1. The maximum atomic E-state index is 12.9. The Hall–Kier alpha value is -1.35. The van der Waals surface area contributed by atoms with Crippen molar-refractivity contribution in [3.8, 4) is 5.75 Å². The van der Waals surface area contributed by atoms with E-state index in [2.05, 4.69) is 5.32 Å². The fraction of sp³-hybridized carbons (Fsp3) is 0.632. The first-order chi connectivity index (χ1) is 13.0. The molecule has 28 heavy (non-hydrogen) atoms. The molecule has 1 unspecified atom stereocenters. The van der Waals surface area contributed by atoms with Gasteiger partial charge in [0.1, 0.15) is 5.75 Å². The molecule has 2 saturated heterocycles. The van der Waals surface area contributed by atoms with Crippen LogP contribution in [-0.4, -0.2) is 69.9 Å². The molecule has 3 aliphatic rings. The van der Waals surface area contributed by atoms with Crippen molar-refractivity contribution in [1.82, 2.24) is 14.5 Å². The Morgan fingerprint density at radius 1 is 1.11 bits per heavy atom. The molecule has 1 spiro atoms. The Morgan fingerprint density at radius 2 is 1.71 bits per heavy atom. The summed E-state index contributed by atoms with van der Waals surface area (Å²) in [6, 6.07) is 6.43. The Kier molecular flexibility index (Phi) is 6.24. The average Bonchev–Trinajstić information content (AvgIpc) is 3.40. The van der Waals surface area contributed by atoms with Crippen molar-refractivity contribution in [2.75, 3.05) is 46.4 Å². The van der Waals surface area contributed by atoms with Crippen LogP contribution in [0.25, 0.3) is 0 Å². The summed E-state index contributed by atoms with van der Waals surface area (Å²) in [5.41, 5.74) is 0.217. The molecule has 9 heteroatoms. The van der Waals surface area contributed by atoms with Gasteiger partial charge in [0.05, 0.1) is 12.0 Å². The average molecular weight is 430 g/mol. The normalized spacial score (nSPS) is 24.5. The highest BCUT2D eigenvalue weighted by Crippen LogP contribution is 2.59. The SMILES string of the molecule is COc1ccc(S(=O)(=O)N2CCN(C(=O)C3CC34CCNCC4)CC2)cc1.Cl. The van der Waals surface area contributed by atoms with Crippen LogP contribution in [0.5, 0.6) is 5.75 Å². The number of rotatable bonds is 4. The van der Waals surface area contributed by atoms with Gasteiger partial charge >= 0.3 is 0 Å². The van der Waals surface area contributed by atoms with E-state index in [1.54, 1.807) is 31.4 Å². The van der Waals surface area contributed by atoms with E-state index in [1.807, 2.05) is 4.90 Å². The second kappa shape index (κ2) is 8.18. The van der Waals surface area contributed by atoms with Crippen LogP contribution in [0.1, 0.15) is 19.3 Å². The van der Waals surface area contributed by atoms with E-state index >= 15 is 0 Å². The van der Waals surface area contributed by atoms with Crippen molar-refractivity contribution in [2.45, 2.75) is 24.2 Å². The minimum atomic E-state index is -3.54. The van der Waals surface area contributed by atoms with Gasteiger partial charge in [-0.1, -0.05) is 0 Å². The molecule has 1 N–H and O–H groups in total. The zero-order valence-corrected chi connectivity index (χ0v) is 17.7. The molecule has 1 amide bonds. The number of methoxy groups -OCH3 is 1. The summed E-state index contributed by atoms with van der Waals surface area (Å²) >= 11 is 0. The van der Waals surface area contributed by atoms with Crippen LogP contribution in [0, 0.1) is 11.3 Å². The van der Waals surface area contributed by atoms with Crippen molar-refractivity contribution < 1.29 is 17.9 Å². The fourth-order valence-electron chi connectivity index (χ4n) is 4.44. The van der Waals surface area contributed by atoms with Gasteiger partial charge in [-0.15, -0.1) is 12.4 Å². The molecular weight excluding hydrogens is 402 g/mol. The first kappa shape index (κ1) is 21.4. The molecular formula is C19H28ClN3O4S. The summed E-state index contributed by atoms with van der Waals surface area (Å²) in [6.07, 6.45) is 3.16. The number of piperazine rings is 1. The number of carbonyl (C=O) groups excluding carboxylic acids is 1. The molecule has 0 aromatic heterocycles. The topological polar surface area (TPSA) is 79.0 Å². The van der Waals surface area contributed by atoms with Gasteiger partial charge in [-0.05, 0) is 62.0 Å². The first-order valence-electron chi connectivity index (χ1n) is 9.60. The second-order valence-corrected chi connectivity index (χ2v) is 9.71. The molecule has 3 fully saturated rings. The summed E-state index contributed by atoms with van der Waals surface area (Å²) in [5, 5.41) is 3.36. The number of hydrogen-bond acceptors (Lipinski definition) is 5. The number of nitrogens with zero attached hydrogens (tertiary/aromatic N) is 2. The van der Waals surface area contributed by atoms with Gasteiger partial charge in [0.15, 0.2) is 0 Å². The summed E-state index contributed by atoms with van der Waals surface area (Å²) in [4.78, 5) is 15.0. The van der Waals surface area contributed by atoms with E-state index in [0.29, 0.717) is 31.9 Å². The summed E-state index contributed by atoms with van der Waals surface area (Å²) in [6.45, 7) is 3.64. The molecule has 1 atom stereocenters. The van der Waals surface area contributed by atoms with E-state index in [9.17, 15) is 13.2 Å². The lowest BCUT2D eigenvalue weighted by atomic mass is 9.91. The van der Waals surface area contributed by atoms with Crippen molar-refractivity contribution >= 4 is 28.3 Å². The number of sulfonamides is 1. The third-order valence-electron chi connectivity index (χ3n) is 6.33. The summed E-state index contributed by atoms with van der Waals surface area (Å²) < 4.78 is 32.2. The molecule has 0 bridgehead atoms. The number of ether oxygens (including phenoxy) is 1. The van der Waals surface area contributed by atoms with E-state index < -0.39 is 10.0 Å². The van der Waals surface area contributed by atoms with Crippen LogP contribution in [0.2, 0.25) is 0 Å². The molecule has 7 nitrogen and oxygen atoms in total. The first-order valence-corrected chi connectivity index (χ1v) is 11.0. The van der Waals surface area contributed by atoms with E-state index in [4.69, 9.17) is 4.74 Å². The highest BCUT2D eigenvalue weighted by atomic mass is 35.5. The molecule has 4 rings (SSSR count). The zero-order valence-electron chi connectivity index (χ0n) is 16.1. The number of carbonyl (C=O) groups is 1. The minimum absolute atomic E-state index is 0. The van der Waals surface area contributed by atoms with Crippen LogP contribution in [0.3, 0.4) is 0 Å². The Labute approximate surface area is 172 Å². The maximum Gasteiger partial charge on any atom is 0.243 e. The third kappa shape index (κ3) is 3.87. The van der Waals surface area contributed by atoms with E-state index in [1.165, 1.54) is 4.31 Å². The van der Waals surface area contributed by atoms with Gasteiger partial charge in [-0.25, -0.2) is 8.42 Å². The Bertz CT molecular complexity index is 801. The largest absolute Gasteiger partial charge is 0.497 e. The van der Waals surface area contributed by atoms with Crippen molar-refractivity contribution in [3.63, 3.8) is 0 Å². The zero-order chi connectivity index (χ0) is 19.1. The lowest BCUT2D eigenvalue weighted by Gasteiger charge is -2.35. The van der Waals surface area contributed by atoms with Gasteiger partial charge in [0, 0.05) is 32.1 Å². The molecule has 156 valence electrons. The predicted molar refractivity (Wildman–Crippen MR) is 108 cm³/mol. The number of amides is 1. The van der Waals surface area contributed by atoms with Crippen LogP contribution in [-0.2, 0) is 14.8 Å². The van der Waals surface area contributed by atoms with Crippen molar-refractivity contribution in [1.29, 1.82) is 0 Å². The third-order valence-corrected chi connectivity index (χ3v) is 8.25. The van der Waals surface area contributed by atoms with Crippen LogP contribution < -0.4 is 10.1 Å². The fourth-order valence-corrected chi connectivity index (χ4v) is 5.86. The van der Waals surface area contributed by atoms with Gasteiger partial charge in [-0.2, -0.15) is 4.31 Å². The molecule has 2 heterocycles. The second-order valence-electron chi connectivity index (χ2n) is 7.77. The van der Waals surface area contributed by atoms with E-state index in [0.717, 1.165) is 32.4 Å². The molecule has 1 aromatic rings. The summed E-state index contributed by atoms with van der Waals surface area (Å²) in [5.74, 6) is 0.989. The van der Waals surface area contributed by atoms with Gasteiger partial charge < -0.3 is 15.0 Å². The standard InChI is InChI=1S/C19H27N3O4S.ClH/c1-26-15-2-4-16(5-3-15)27(24,25)22-12-10-21(11-13-22)18(23)17-14-19(17)6-8-20-9-7-19;/h2-5,17,20H,6-14H2,1H3;1H. The number of hydrogen-bond donors (Lipinski definition) is 1. The monoisotopic (exact) mass is 429 g/mol. The number of halogens is 1. The van der Waals surface area contributed by atoms with Gasteiger partial charge in [0.25, 0.3) is 0 Å². The van der Waals surface area contributed by atoms with Crippen LogP contribution in [0.4, 0.5) is 0 Å². The molecule has 1 aromatic carbocycles. The quantitative estimate of drug-likeness (QED) is 0.781. The van der Waals surface area contributed by atoms with Crippen LogP contribution in [0.15, 0.2) is 29.2 Å². The lowest BCUT2D eigenvalue weighted by molar-refractivity contribution is -0.134. The molecule has 1 aliphatic carbocycles. The Morgan fingerprint density at radius 3 is 2.29 bits per heavy atom. The van der Waals surface area contributed by atoms with Gasteiger partial charge in [0.2, 0.25) is 15.9 Å². The lowest BCUT2D eigenvalue weighted by Crippen LogP contribution is -2.51. The molecule has 1 saturated carbocycles. The highest BCUT2D eigenvalue weighted by molar-refractivity contribution is 7.89. The van der Waals surface area contributed by atoms with Gasteiger partial charge in [-0.3, -0.25) is 4.79 Å². The maximum absolute atomic E-state index is 12.9. The van der Waals surface area contributed by atoms with Crippen LogP contribution >= 0.6 is 12.4 Å². The summed E-state index contributed by atoms with van der Waals surface area (Å²) in [7, 11) is -1.99. The van der Waals surface area contributed by atoms with Crippen molar-refractivity contribution in [2.24, 2.45) is 11.3 Å².